The Bertz CT molecular complexity index is 772. The summed E-state index contributed by atoms with van der Waals surface area (Å²) in [6, 6.07) is 10.1. The number of hydrogen-bond donors (Lipinski definition) is 1. The maximum absolute atomic E-state index is 5.10. The van der Waals surface area contributed by atoms with Gasteiger partial charge in [-0.05, 0) is 36.8 Å². The second kappa shape index (κ2) is 4.31. The molecule has 1 aromatic carbocycles. The second-order valence-electron chi connectivity index (χ2n) is 4.12. The molecule has 0 fully saturated rings. The van der Waals surface area contributed by atoms with Crippen LogP contribution in [-0.2, 0) is 0 Å². The first-order valence-corrected chi connectivity index (χ1v) is 6.06. The summed E-state index contributed by atoms with van der Waals surface area (Å²) >= 11 is 5.10. The van der Waals surface area contributed by atoms with Crippen molar-refractivity contribution in [3.63, 3.8) is 0 Å². The van der Waals surface area contributed by atoms with Crippen molar-refractivity contribution in [2.24, 2.45) is 0 Å². The molecular weight excluding hydrogens is 242 g/mol. The van der Waals surface area contributed by atoms with Crippen LogP contribution in [0.4, 0.5) is 0 Å². The Labute approximate surface area is 110 Å². The zero-order valence-electron chi connectivity index (χ0n) is 9.84. The molecule has 18 heavy (non-hydrogen) atoms. The third-order valence-corrected chi connectivity index (χ3v) is 3.12. The van der Waals surface area contributed by atoms with E-state index < -0.39 is 0 Å². The van der Waals surface area contributed by atoms with Gasteiger partial charge in [-0.25, -0.2) is 4.98 Å². The molecule has 2 aromatic heterocycles. The normalized spacial score (nSPS) is 10.7. The molecule has 0 saturated carbocycles. The Morgan fingerprint density at radius 2 is 2.00 bits per heavy atom. The molecule has 0 aliphatic heterocycles. The monoisotopic (exact) mass is 253 g/mol. The minimum Gasteiger partial charge on any atom is -0.330 e. The van der Waals surface area contributed by atoms with Crippen molar-refractivity contribution < 1.29 is 0 Å². The van der Waals surface area contributed by atoms with E-state index in [2.05, 4.69) is 27.1 Å². The second-order valence-corrected chi connectivity index (χ2v) is 4.51. The summed E-state index contributed by atoms with van der Waals surface area (Å²) in [6.07, 6.45) is 3.59. The molecule has 0 unspecified atom stereocenters. The van der Waals surface area contributed by atoms with Gasteiger partial charge in [0, 0.05) is 23.3 Å². The fourth-order valence-electron chi connectivity index (χ4n) is 2.06. The SMILES string of the molecule is Cc1cnc(=S)[nH]c1-c1cccc2ncccc12. The van der Waals surface area contributed by atoms with Crippen LogP contribution in [0.25, 0.3) is 22.2 Å². The van der Waals surface area contributed by atoms with E-state index in [1.807, 2.05) is 25.1 Å². The van der Waals surface area contributed by atoms with Gasteiger partial charge in [0.05, 0.1) is 11.2 Å². The molecular formula is C14H11N3S. The lowest BCUT2D eigenvalue weighted by molar-refractivity contribution is 1.11. The van der Waals surface area contributed by atoms with Crippen molar-refractivity contribution in [1.82, 2.24) is 15.0 Å². The minimum absolute atomic E-state index is 0.497. The molecule has 0 spiro atoms. The zero-order chi connectivity index (χ0) is 12.5. The van der Waals surface area contributed by atoms with Crippen LogP contribution >= 0.6 is 12.2 Å². The van der Waals surface area contributed by atoms with E-state index in [9.17, 15) is 0 Å². The number of nitrogens with zero attached hydrogens (tertiary/aromatic N) is 2. The van der Waals surface area contributed by atoms with E-state index in [-0.39, 0.29) is 0 Å². The van der Waals surface area contributed by atoms with Crippen molar-refractivity contribution in [1.29, 1.82) is 0 Å². The van der Waals surface area contributed by atoms with Gasteiger partial charge in [-0.3, -0.25) is 4.98 Å². The third-order valence-electron chi connectivity index (χ3n) is 2.92. The molecule has 2 heterocycles. The molecule has 0 radical (unpaired) electrons. The number of H-pyrrole nitrogens is 1. The third kappa shape index (κ3) is 1.80. The average molecular weight is 253 g/mol. The fraction of sp³-hybridized carbons (Fsp3) is 0.0714. The van der Waals surface area contributed by atoms with E-state index in [4.69, 9.17) is 12.2 Å². The number of aryl methyl sites for hydroxylation is 1. The molecule has 0 aliphatic rings. The number of rotatable bonds is 1. The summed E-state index contributed by atoms with van der Waals surface area (Å²) < 4.78 is 0.497. The lowest BCUT2D eigenvalue weighted by Crippen LogP contribution is -1.92. The first kappa shape index (κ1) is 11.0. The van der Waals surface area contributed by atoms with E-state index in [1.54, 1.807) is 12.4 Å². The first-order chi connectivity index (χ1) is 8.75. The summed E-state index contributed by atoms with van der Waals surface area (Å²) in [7, 11) is 0. The lowest BCUT2D eigenvalue weighted by Gasteiger charge is -2.08. The van der Waals surface area contributed by atoms with E-state index >= 15 is 0 Å². The van der Waals surface area contributed by atoms with Crippen molar-refractivity contribution in [2.75, 3.05) is 0 Å². The first-order valence-electron chi connectivity index (χ1n) is 5.66. The van der Waals surface area contributed by atoms with Crippen LogP contribution in [0, 0.1) is 11.7 Å². The molecule has 88 valence electrons. The van der Waals surface area contributed by atoms with Crippen LogP contribution in [0.1, 0.15) is 5.56 Å². The largest absolute Gasteiger partial charge is 0.330 e. The van der Waals surface area contributed by atoms with Gasteiger partial charge < -0.3 is 4.98 Å². The molecule has 3 aromatic rings. The Morgan fingerprint density at radius 1 is 1.11 bits per heavy atom. The van der Waals surface area contributed by atoms with Gasteiger partial charge in [0.1, 0.15) is 0 Å². The fourth-order valence-corrected chi connectivity index (χ4v) is 2.21. The molecule has 0 amide bonds. The summed E-state index contributed by atoms with van der Waals surface area (Å²) in [4.78, 5) is 11.6. The van der Waals surface area contributed by atoms with Gasteiger partial charge in [0.25, 0.3) is 0 Å². The number of benzene rings is 1. The number of aromatic amines is 1. The van der Waals surface area contributed by atoms with Gasteiger partial charge >= 0.3 is 0 Å². The summed E-state index contributed by atoms with van der Waals surface area (Å²) in [6.45, 7) is 2.02. The van der Waals surface area contributed by atoms with Gasteiger partial charge in [-0.2, -0.15) is 0 Å². The van der Waals surface area contributed by atoms with Crippen LogP contribution in [-0.4, -0.2) is 15.0 Å². The van der Waals surface area contributed by atoms with Gasteiger partial charge in [0.2, 0.25) is 0 Å². The Kier molecular flexibility index (Phi) is 2.64. The Morgan fingerprint density at radius 3 is 2.89 bits per heavy atom. The highest BCUT2D eigenvalue weighted by atomic mass is 32.1. The van der Waals surface area contributed by atoms with Gasteiger partial charge in [-0.15, -0.1) is 0 Å². The predicted molar refractivity (Wildman–Crippen MR) is 74.9 cm³/mol. The van der Waals surface area contributed by atoms with Crippen LogP contribution in [0.3, 0.4) is 0 Å². The van der Waals surface area contributed by atoms with Crippen molar-refractivity contribution in [2.45, 2.75) is 6.92 Å². The zero-order valence-corrected chi connectivity index (χ0v) is 10.7. The molecule has 3 rings (SSSR count). The summed E-state index contributed by atoms with van der Waals surface area (Å²) in [5.41, 5.74) is 4.16. The number of hydrogen-bond acceptors (Lipinski definition) is 3. The molecule has 3 nitrogen and oxygen atoms in total. The topological polar surface area (TPSA) is 41.6 Å². The number of nitrogens with one attached hydrogen (secondary N) is 1. The lowest BCUT2D eigenvalue weighted by atomic mass is 10.0. The standard InChI is InChI=1S/C14H11N3S/c1-9-8-16-14(18)17-13(9)11-4-2-6-12-10(11)5-3-7-15-12/h2-8H,1H3,(H,16,17,18). The summed E-state index contributed by atoms with van der Waals surface area (Å²) in [5.74, 6) is 0. The maximum Gasteiger partial charge on any atom is 0.197 e. The minimum atomic E-state index is 0.497. The van der Waals surface area contributed by atoms with Crippen LogP contribution in [0.15, 0.2) is 42.7 Å². The Hall–Kier alpha value is -2.07. The van der Waals surface area contributed by atoms with E-state index in [0.29, 0.717) is 4.77 Å². The molecule has 0 saturated heterocycles. The highest BCUT2D eigenvalue weighted by Crippen LogP contribution is 2.27. The van der Waals surface area contributed by atoms with Crippen LogP contribution < -0.4 is 0 Å². The number of fused-ring (bicyclic) bond motifs is 1. The number of pyridine rings is 1. The highest BCUT2D eigenvalue weighted by Gasteiger charge is 2.07. The average Bonchev–Trinajstić information content (AvgIpc) is 2.41. The van der Waals surface area contributed by atoms with Crippen molar-refractivity contribution >= 4 is 23.1 Å². The van der Waals surface area contributed by atoms with E-state index in [1.165, 1.54) is 0 Å². The quantitative estimate of drug-likeness (QED) is 0.673. The molecule has 0 atom stereocenters. The van der Waals surface area contributed by atoms with Crippen molar-refractivity contribution in [3.05, 3.63) is 53.1 Å². The van der Waals surface area contributed by atoms with Crippen LogP contribution in [0.5, 0.6) is 0 Å². The predicted octanol–water partition coefficient (Wildman–Crippen LogP) is 3.66. The smallest absolute Gasteiger partial charge is 0.197 e. The summed E-state index contributed by atoms with van der Waals surface area (Å²) in [5, 5.41) is 1.11. The van der Waals surface area contributed by atoms with Crippen LogP contribution in [0.2, 0.25) is 0 Å². The number of aromatic nitrogens is 3. The molecule has 4 heteroatoms. The Balaban J connectivity index is 2.38. The molecule has 0 aliphatic carbocycles. The van der Waals surface area contributed by atoms with Gasteiger partial charge in [0.15, 0.2) is 4.77 Å². The van der Waals surface area contributed by atoms with E-state index in [0.717, 1.165) is 27.7 Å². The molecule has 1 N–H and O–H groups in total. The van der Waals surface area contributed by atoms with Gasteiger partial charge in [-0.1, -0.05) is 18.2 Å². The molecule has 0 bridgehead atoms. The highest BCUT2D eigenvalue weighted by molar-refractivity contribution is 7.71. The maximum atomic E-state index is 5.10. The van der Waals surface area contributed by atoms with Crippen molar-refractivity contribution in [3.8, 4) is 11.3 Å².